The molecule has 1 aromatic rings. The fraction of sp³-hybridized carbons (Fsp3) is 0.600. The second-order valence-electron chi connectivity index (χ2n) is 7.55. The predicted octanol–water partition coefficient (Wildman–Crippen LogP) is 0.124. The van der Waals surface area contributed by atoms with Gasteiger partial charge in [-0.1, -0.05) is 6.07 Å². The Morgan fingerprint density at radius 3 is 2.34 bits per heavy atom. The molecule has 2 aliphatic rings. The minimum absolute atomic E-state index is 0.0423. The number of hydrogen-bond donors (Lipinski definition) is 2. The van der Waals surface area contributed by atoms with Crippen LogP contribution in [-0.4, -0.2) is 75.3 Å². The molecule has 3 rings (SSSR count). The van der Waals surface area contributed by atoms with Gasteiger partial charge in [0.05, 0.1) is 18.0 Å². The van der Waals surface area contributed by atoms with Crippen molar-refractivity contribution >= 4 is 21.8 Å². The minimum atomic E-state index is -3.52. The summed E-state index contributed by atoms with van der Waals surface area (Å²) in [6, 6.07) is 5.52. The second kappa shape index (κ2) is 9.69. The third-order valence-corrected chi connectivity index (χ3v) is 7.37. The zero-order chi connectivity index (χ0) is 20.9. The van der Waals surface area contributed by atoms with Gasteiger partial charge in [0.25, 0.3) is 0 Å². The van der Waals surface area contributed by atoms with E-state index >= 15 is 0 Å². The molecule has 0 atom stereocenters. The highest BCUT2D eigenvalue weighted by molar-refractivity contribution is 7.89. The van der Waals surface area contributed by atoms with Crippen LogP contribution in [0.5, 0.6) is 0 Å². The van der Waals surface area contributed by atoms with Gasteiger partial charge in [-0.15, -0.1) is 0 Å². The van der Waals surface area contributed by atoms with Gasteiger partial charge < -0.3 is 10.6 Å². The number of benzene rings is 1. The monoisotopic (exact) mass is 422 g/mol. The number of sulfonamides is 1. The van der Waals surface area contributed by atoms with Crippen LogP contribution in [0.3, 0.4) is 0 Å². The molecular weight excluding hydrogens is 392 g/mol. The number of carbonyl (C=O) groups is 2. The van der Waals surface area contributed by atoms with Crippen molar-refractivity contribution in [2.45, 2.75) is 37.5 Å². The average Bonchev–Trinajstić information content (AvgIpc) is 2.72. The summed E-state index contributed by atoms with van der Waals surface area (Å²) >= 11 is 0. The SMILES string of the molecule is CCNC(=O)CNC(=O)CN1CCN(S(=O)(=O)c2ccc3c(c2)CCCC3)CC1. The number of amides is 2. The zero-order valence-corrected chi connectivity index (χ0v) is 17.8. The Morgan fingerprint density at radius 2 is 1.66 bits per heavy atom. The fourth-order valence-electron chi connectivity index (χ4n) is 3.84. The van der Waals surface area contributed by atoms with Crippen molar-refractivity contribution in [3.63, 3.8) is 0 Å². The van der Waals surface area contributed by atoms with Crippen molar-refractivity contribution in [3.05, 3.63) is 29.3 Å². The lowest BCUT2D eigenvalue weighted by atomic mass is 9.92. The van der Waals surface area contributed by atoms with Crippen molar-refractivity contribution in [1.82, 2.24) is 19.8 Å². The molecule has 9 heteroatoms. The summed E-state index contributed by atoms with van der Waals surface area (Å²) < 4.78 is 27.5. The average molecular weight is 423 g/mol. The Hall–Kier alpha value is -1.97. The lowest BCUT2D eigenvalue weighted by Crippen LogP contribution is -2.51. The number of piperazine rings is 1. The van der Waals surface area contributed by atoms with Gasteiger partial charge in [-0.3, -0.25) is 14.5 Å². The number of nitrogens with zero attached hydrogens (tertiary/aromatic N) is 2. The maximum atomic E-state index is 13.0. The molecular formula is C20H30N4O4S. The summed E-state index contributed by atoms with van der Waals surface area (Å²) in [4.78, 5) is 25.7. The first kappa shape index (κ1) is 21.7. The van der Waals surface area contributed by atoms with E-state index in [1.165, 1.54) is 9.87 Å². The van der Waals surface area contributed by atoms with Crippen molar-refractivity contribution in [2.75, 3.05) is 45.8 Å². The van der Waals surface area contributed by atoms with Crippen LogP contribution in [0.25, 0.3) is 0 Å². The lowest BCUT2D eigenvalue weighted by Gasteiger charge is -2.33. The number of likely N-dealkylation sites (N-methyl/N-ethyl adjacent to an activating group) is 1. The summed E-state index contributed by atoms with van der Waals surface area (Å²) in [6.45, 7) is 4.13. The van der Waals surface area contributed by atoms with Gasteiger partial charge in [-0.05, 0) is 55.9 Å². The Kier molecular flexibility index (Phi) is 7.26. The number of fused-ring (bicyclic) bond motifs is 1. The van der Waals surface area contributed by atoms with Crippen LogP contribution < -0.4 is 10.6 Å². The molecule has 1 aliphatic heterocycles. The molecule has 0 spiro atoms. The summed E-state index contributed by atoms with van der Waals surface area (Å²) in [6.07, 6.45) is 4.24. The smallest absolute Gasteiger partial charge is 0.243 e. The van der Waals surface area contributed by atoms with E-state index in [0.29, 0.717) is 37.6 Å². The van der Waals surface area contributed by atoms with Crippen LogP contribution in [0.1, 0.15) is 30.9 Å². The van der Waals surface area contributed by atoms with Gasteiger partial charge in [0, 0.05) is 32.7 Å². The van der Waals surface area contributed by atoms with E-state index in [1.54, 1.807) is 6.07 Å². The summed E-state index contributed by atoms with van der Waals surface area (Å²) in [5, 5.41) is 5.21. The van der Waals surface area contributed by atoms with E-state index in [9.17, 15) is 18.0 Å². The molecule has 160 valence electrons. The number of carbonyl (C=O) groups excluding carboxylic acids is 2. The summed E-state index contributed by atoms with van der Waals surface area (Å²) in [7, 11) is -3.52. The molecule has 0 aromatic heterocycles. The maximum absolute atomic E-state index is 13.0. The van der Waals surface area contributed by atoms with Crippen molar-refractivity contribution in [3.8, 4) is 0 Å². The Labute approximate surface area is 172 Å². The molecule has 1 aromatic carbocycles. The number of nitrogens with one attached hydrogen (secondary N) is 2. The maximum Gasteiger partial charge on any atom is 0.243 e. The molecule has 1 fully saturated rings. The van der Waals surface area contributed by atoms with Gasteiger partial charge >= 0.3 is 0 Å². The summed E-state index contributed by atoms with van der Waals surface area (Å²) in [5.74, 6) is -0.455. The Balaban J connectivity index is 1.52. The van der Waals surface area contributed by atoms with Gasteiger partial charge in [-0.25, -0.2) is 8.42 Å². The van der Waals surface area contributed by atoms with Gasteiger partial charge in [0.2, 0.25) is 21.8 Å². The van der Waals surface area contributed by atoms with Crippen molar-refractivity contribution in [1.29, 1.82) is 0 Å². The quantitative estimate of drug-likeness (QED) is 0.651. The molecule has 1 aliphatic carbocycles. The minimum Gasteiger partial charge on any atom is -0.355 e. The Morgan fingerprint density at radius 1 is 0.966 bits per heavy atom. The molecule has 2 amide bonds. The van der Waals surface area contributed by atoms with E-state index in [4.69, 9.17) is 0 Å². The highest BCUT2D eigenvalue weighted by atomic mass is 32.2. The van der Waals surface area contributed by atoms with Crippen LogP contribution in [0.4, 0.5) is 0 Å². The second-order valence-corrected chi connectivity index (χ2v) is 9.49. The molecule has 2 N–H and O–H groups in total. The molecule has 8 nitrogen and oxygen atoms in total. The number of hydrogen-bond acceptors (Lipinski definition) is 5. The third-order valence-electron chi connectivity index (χ3n) is 5.48. The molecule has 29 heavy (non-hydrogen) atoms. The fourth-order valence-corrected chi connectivity index (χ4v) is 5.32. The number of rotatable bonds is 7. The van der Waals surface area contributed by atoms with E-state index in [2.05, 4.69) is 10.6 Å². The highest BCUT2D eigenvalue weighted by Gasteiger charge is 2.29. The van der Waals surface area contributed by atoms with Crippen molar-refractivity contribution in [2.24, 2.45) is 0 Å². The summed E-state index contributed by atoms with van der Waals surface area (Å²) in [5.41, 5.74) is 2.42. The van der Waals surface area contributed by atoms with Crippen molar-refractivity contribution < 1.29 is 18.0 Å². The van der Waals surface area contributed by atoms with Crippen LogP contribution >= 0.6 is 0 Å². The first-order valence-electron chi connectivity index (χ1n) is 10.3. The normalized spacial score (nSPS) is 18.1. The molecule has 0 radical (unpaired) electrons. The molecule has 1 heterocycles. The Bertz CT molecular complexity index is 848. The first-order valence-corrected chi connectivity index (χ1v) is 11.7. The van der Waals surface area contributed by atoms with Crippen LogP contribution in [-0.2, 0) is 32.5 Å². The van der Waals surface area contributed by atoms with Crippen LogP contribution in [0, 0.1) is 0 Å². The van der Waals surface area contributed by atoms with Gasteiger partial charge in [0.1, 0.15) is 0 Å². The van der Waals surface area contributed by atoms with E-state index in [-0.39, 0.29) is 24.9 Å². The first-order chi connectivity index (χ1) is 13.9. The highest BCUT2D eigenvalue weighted by Crippen LogP contribution is 2.26. The standard InChI is InChI=1S/C20H30N4O4S/c1-2-21-19(25)14-22-20(26)15-23-9-11-24(12-10-23)29(27,28)18-8-7-16-5-3-4-6-17(16)13-18/h7-8,13H,2-6,9-12,14-15H2,1H3,(H,21,25)(H,22,26). The van der Waals surface area contributed by atoms with Crippen LogP contribution in [0.15, 0.2) is 23.1 Å². The molecule has 0 unspecified atom stereocenters. The van der Waals surface area contributed by atoms with Crippen LogP contribution in [0.2, 0.25) is 0 Å². The molecule has 1 saturated heterocycles. The van der Waals surface area contributed by atoms with E-state index in [1.807, 2.05) is 24.0 Å². The predicted molar refractivity (Wildman–Crippen MR) is 110 cm³/mol. The largest absolute Gasteiger partial charge is 0.355 e. The topological polar surface area (TPSA) is 98.8 Å². The molecule has 0 bridgehead atoms. The van der Waals surface area contributed by atoms with E-state index in [0.717, 1.165) is 31.2 Å². The number of aryl methyl sites for hydroxylation is 2. The van der Waals surface area contributed by atoms with Gasteiger partial charge in [0.15, 0.2) is 0 Å². The molecule has 0 saturated carbocycles. The van der Waals surface area contributed by atoms with E-state index < -0.39 is 10.0 Å². The lowest BCUT2D eigenvalue weighted by molar-refractivity contribution is -0.126. The third kappa shape index (κ3) is 5.55. The zero-order valence-electron chi connectivity index (χ0n) is 16.9. The van der Waals surface area contributed by atoms with Gasteiger partial charge in [-0.2, -0.15) is 4.31 Å².